The second kappa shape index (κ2) is 16.8. The molecule has 2 saturated carbocycles. The van der Waals surface area contributed by atoms with E-state index in [2.05, 4.69) is 35.0 Å². The van der Waals surface area contributed by atoms with Crippen LogP contribution in [-0.2, 0) is 29.2 Å². The number of anilines is 1. The molecule has 0 aliphatic heterocycles. The summed E-state index contributed by atoms with van der Waals surface area (Å²) in [5.41, 5.74) is 9.42. The summed E-state index contributed by atoms with van der Waals surface area (Å²) in [6, 6.07) is 4.39. The third-order valence-electron chi connectivity index (χ3n) is 10.9. The fourth-order valence-electron chi connectivity index (χ4n) is 8.50. The molecule has 0 saturated heterocycles. The summed E-state index contributed by atoms with van der Waals surface area (Å²) in [6.07, 6.45) is 13.4. The van der Waals surface area contributed by atoms with E-state index in [1.165, 1.54) is 12.8 Å². The molecule has 1 atom stereocenters. The fraction of sp³-hybridized carbons (Fsp3) is 0.658. The van der Waals surface area contributed by atoms with Crippen molar-refractivity contribution in [1.29, 1.82) is 0 Å². The Bertz CT molecular complexity index is 1600. The molecule has 2 aliphatic carbocycles. The van der Waals surface area contributed by atoms with Gasteiger partial charge in [-0.1, -0.05) is 90.8 Å². The van der Waals surface area contributed by atoms with Crippen LogP contribution in [0.4, 0.5) is 10.2 Å². The van der Waals surface area contributed by atoms with Gasteiger partial charge in [-0.05, 0) is 56.2 Å². The number of hydrogen-bond acceptors (Lipinski definition) is 6. The van der Waals surface area contributed by atoms with Gasteiger partial charge in [0, 0.05) is 43.6 Å². The fourth-order valence-corrected chi connectivity index (χ4v) is 9.25. The number of hydrogen-bond donors (Lipinski definition) is 2. The Morgan fingerprint density at radius 2 is 1.66 bits per heavy atom. The van der Waals surface area contributed by atoms with Gasteiger partial charge in [0.15, 0.2) is 0 Å². The summed E-state index contributed by atoms with van der Waals surface area (Å²) in [5.74, 6) is -1.41. The number of aryl methyl sites for hydroxylation is 2. The van der Waals surface area contributed by atoms with Crippen LogP contribution in [0.3, 0.4) is 0 Å². The Hall–Kier alpha value is -3.38. The third-order valence-corrected chi connectivity index (χ3v) is 12.6. The number of nitrogens with two attached hydrogens (primary N) is 1. The Morgan fingerprint density at radius 3 is 2.20 bits per heavy atom. The number of nitrogens with zero attached hydrogens (tertiary/aromatic N) is 5. The predicted molar refractivity (Wildman–Crippen MR) is 198 cm³/mol. The second-order valence-corrected chi connectivity index (χ2v) is 21.2. The van der Waals surface area contributed by atoms with E-state index in [0.29, 0.717) is 60.5 Å². The lowest BCUT2D eigenvalue weighted by Gasteiger charge is -2.41. The summed E-state index contributed by atoms with van der Waals surface area (Å²) in [5, 5.41) is 12.2. The number of rotatable bonds is 15. The molecule has 3 aromatic heterocycles. The maximum Gasteiger partial charge on any atom is 0.267 e. The maximum atomic E-state index is 16.0. The summed E-state index contributed by atoms with van der Waals surface area (Å²) < 4.78 is 25.4. The van der Waals surface area contributed by atoms with Crippen molar-refractivity contribution in [2.24, 2.45) is 23.5 Å². The first-order valence-corrected chi connectivity index (χ1v) is 22.6. The molecule has 12 heteroatoms. The molecule has 50 heavy (non-hydrogen) atoms. The van der Waals surface area contributed by atoms with Gasteiger partial charge in [-0.15, -0.1) is 0 Å². The molecule has 274 valence electrons. The average molecular weight is 708 g/mol. The first kappa shape index (κ1) is 37.9. The van der Waals surface area contributed by atoms with Gasteiger partial charge in [-0.3, -0.25) is 14.3 Å². The van der Waals surface area contributed by atoms with Gasteiger partial charge in [0.25, 0.3) is 5.91 Å². The molecule has 3 aromatic rings. The number of ether oxygens (including phenoxy) is 1. The number of carbonyl (C=O) groups is 2. The molecule has 0 radical (unpaired) electrons. The quantitative estimate of drug-likeness (QED) is 0.0934. The zero-order chi connectivity index (χ0) is 36.0. The highest BCUT2D eigenvalue weighted by atomic mass is 28.3. The highest BCUT2D eigenvalue weighted by Gasteiger charge is 2.43. The van der Waals surface area contributed by atoms with Gasteiger partial charge < -0.3 is 15.8 Å². The maximum absolute atomic E-state index is 16.0. The molecule has 0 unspecified atom stereocenters. The minimum absolute atomic E-state index is 0.0147. The van der Waals surface area contributed by atoms with E-state index in [1.807, 2.05) is 25.5 Å². The standard InChI is InChI=1S/C38H58FN7O3Si/c1-7-30-32(25(3)44-46(30)24-49-21-22-50(4,5)6)28-19-20-31(42-36(28)39)43-38(48)34(29-23-41-45(8-2)35(29)37(40)47)33(26-15-11-9-12-16-26)27-17-13-10-14-18-27/h19-20,23,26-27,33-34H,7-18,21-22,24H2,1-6H3,(H2,40,47)(H,42,43,48)/t34-/m1/s1. The number of pyridine rings is 1. The lowest BCUT2D eigenvalue weighted by atomic mass is 9.63. The van der Waals surface area contributed by atoms with Gasteiger partial charge in [-0.2, -0.15) is 14.6 Å². The summed E-state index contributed by atoms with van der Waals surface area (Å²) in [6.45, 7) is 14.2. The number of nitrogens with one attached hydrogen (secondary N) is 1. The minimum Gasteiger partial charge on any atom is -0.364 e. The van der Waals surface area contributed by atoms with Crippen LogP contribution in [0.15, 0.2) is 18.3 Å². The van der Waals surface area contributed by atoms with Gasteiger partial charge in [-0.25, -0.2) is 9.67 Å². The molecule has 2 amide bonds. The Balaban J connectivity index is 1.46. The van der Waals surface area contributed by atoms with Crippen LogP contribution in [0.1, 0.15) is 111 Å². The molecule has 3 heterocycles. The van der Waals surface area contributed by atoms with Crippen molar-refractivity contribution in [3.63, 3.8) is 0 Å². The largest absolute Gasteiger partial charge is 0.364 e. The average Bonchev–Trinajstić information content (AvgIpc) is 3.66. The van der Waals surface area contributed by atoms with Crippen molar-refractivity contribution >= 4 is 25.7 Å². The van der Waals surface area contributed by atoms with Gasteiger partial charge in [0.1, 0.15) is 18.2 Å². The highest BCUT2D eigenvalue weighted by molar-refractivity contribution is 6.76. The normalized spacial score (nSPS) is 17.0. The summed E-state index contributed by atoms with van der Waals surface area (Å²) >= 11 is 0. The molecule has 10 nitrogen and oxygen atoms in total. The van der Waals surface area contributed by atoms with Crippen molar-refractivity contribution in [3.05, 3.63) is 46.9 Å². The zero-order valence-electron chi connectivity index (χ0n) is 31.1. The van der Waals surface area contributed by atoms with Crippen LogP contribution in [-0.4, -0.2) is 51.0 Å². The Labute approximate surface area is 298 Å². The molecule has 0 bridgehead atoms. The van der Waals surface area contributed by atoms with Crippen molar-refractivity contribution in [2.75, 3.05) is 11.9 Å². The summed E-state index contributed by atoms with van der Waals surface area (Å²) in [4.78, 5) is 31.8. The van der Waals surface area contributed by atoms with Crippen molar-refractivity contribution in [2.45, 2.75) is 136 Å². The molecular formula is C38H58FN7O3Si. The highest BCUT2D eigenvalue weighted by Crippen LogP contribution is 2.48. The number of aromatic nitrogens is 5. The minimum atomic E-state index is -1.23. The number of primary amides is 1. The Morgan fingerprint density at radius 1 is 1.02 bits per heavy atom. The molecule has 2 aliphatic rings. The zero-order valence-corrected chi connectivity index (χ0v) is 32.1. The molecule has 0 spiro atoms. The van der Waals surface area contributed by atoms with E-state index >= 15 is 4.39 Å². The number of halogens is 1. The smallest absolute Gasteiger partial charge is 0.267 e. The topological polar surface area (TPSA) is 130 Å². The van der Waals surface area contributed by atoms with E-state index in [9.17, 15) is 9.59 Å². The monoisotopic (exact) mass is 707 g/mol. The van der Waals surface area contributed by atoms with E-state index in [4.69, 9.17) is 15.6 Å². The van der Waals surface area contributed by atoms with Crippen molar-refractivity contribution in [3.8, 4) is 11.1 Å². The number of carbonyl (C=O) groups excluding carboxylic acids is 2. The lowest BCUT2D eigenvalue weighted by Crippen LogP contribution is -2.39. The van der Waals surface area contributed by atoms with Crippen LogP contribution in [0.2, 0.25) is 25.7 Å². The lowest BCUT2D eigenvalue weighted by molar-refractivity contribution is -0.120. The van der Waals surface area contributed by atoms with Gasteiger partial charge in [0.05, 0.1) is 17.8 Å². The predicted octanol–water partition coefficient (Wildman–Crippen LogP) is 8.08. The molecule has 2 fully saturated rings. The molecule has 5 rings (SSSR count). The van der Waals surface area contributed by atoms with E-state index in [-0.39, 0.29) is 23.3 Å². The van der Waals surface area contributed by atoms with Crippen LogP contribution in [0, 0.1) is 30.6 Å². The first-order valence-electron chi connectivity index (χ1n) is 18.9. The molecule has 3 N–H and O–H groups in total. The molecule has 0 aromatic carbocycles. The van der Waals surface area contributed by atoms with Crippen molar-refractivity contribution < 1.29 is 18.7 Å². The van der Waals surface area contributed by atoms with Gasteiger partial charge >= 0.3 is 0 Å². The van der Waals surface area contributed by atoms with Crippen molar-refractivity contribution in [1.82, 2.24) is 24.5 Å². The third kappa shape index (κ3) is 8.73. The van der Waals surface area contributed by atoms with E-state index < -0.39 is 25.8 Å². The van der Waals surface area contributed by atoms with E-state index in [1.54, 1.807) is 23.0 Å². The van der Waals surface area contributed by atoms with E-state index in [0.717, 1.165) is 63.1 Å². The molecular weight excluding hydrogens is 650 g/mol. The second-order valence-electron chi connectivity index (χ2n) is 15.6. The first-order chi connectivity index (χ1) is 23.9. The van der Waals surface area contributed by atoms with Gasteiger partial charge in [0.2, 0.25) is 11.9 Å². The van der Waals surface area contributed by atoms with Crippen LogP contribution < -0.4 is 11.1 Å². The number of amides is 2. The van der Waals surface area contributed by atoms with Crippen LogP contribution in [0.5, 0.6) is 0 Å². The SMILES string of the molecule is CCc1c(-c2ccc(NC(=O)[C@H](c3cnn(CC)c3C(N)=O)C(C3CCCCC3)C3CCCCC3)nc2F)c(C)nn1COCC[Si](C)(C)C. The van der Waals surface area contributed by atoms with Crippen LogP contribution >= 0.6 is 0 Å². The summed E-state index contributed by atoms with van der Waals surface area (Å²) in [7, 11) is -1.23. The van der Waals surface area contributed by atoms with Crippen LogP contribution in [0.25, 0.3) is 11.1 Å². The Kier molecular flexibility index (Phi) is 12.7.